The number of hydrogen-bond donors (Lipinski definition) is 0. The van der Waals surface area contributed by atoms with Gasteiger partial charge in [-0.05, 0) is 27.9 Å². The van der Waals surface area contributed by atoms with Crippen LogP contribution in [0.15, 0.2) is 6.20 Å². The van der Waals surface area contributed by atoms with Gasteiger partial charge in [-0.1, -0.05) is 5.21 Å². The van der Waals surface area contributed by atoms with E-state index in [-0.39, 0.29) is 11.8 Å². The first-order chi connectivity index (χ1) is 6.50. The molecule has 0 spiro atoms. The van der Waals surface area contributed by atoms with Gasteiger partial charge in [0.25, 0.3) is 0 Å². The number of rotatable bonds is 4. The third-order valence-electron chi connectivity index (χ3n) is 2.02. The summed E-state index contributed by atoms with van der Waals surface area (Å²) in [6.07, 6.45) is 1.81. The summed E-state index contributed by atoms with van der Waals surface area (Å²) in [6.45, 7) is 4.11. The first-order valence-electron chi connectivity index (χ1n) is 4.56. The second kappa shape index (κ2) is 4.32. The smallest absolute Gasteiger partial charge is 0.154 e. The van der Waals surface area contributed by atoms with E-state index in [0.717, 1.165) is 12.2 Å². The lowest BCUT2D eigenvalue weighted by Gasteiger charge is -2.06. The lowest BCUT2D eigenvalue weighted by molar-refractivity contribution is -0.119. The van der Waals surface area contributed by atoms with Crippen molar-refractivity contribution in [1.82, 2.24) is 19.9 Å². The van der Waals surface area contributed by atoms with Crippen LogP contribution >= 0.6 is 0 Å². The fourth-order valence-electron chi connectivity index (χ4n) is 1.09. The molecule has 0 aliphatic rings. The highest BCUT2D eigenvalue weighted by Crippen LogP contribution is 2.06. The number of carbonyl (C=O) groups is 1. The Labute approximate surface area is 83.7 Å². The third-order valence-corrected chi connectivity index (χ3v) is 2.02. The molecular weight excluding hydrogens is 180 g/mol. The molecule has 0 aliphatic heterocycles. The zero-order valence-electron chi connectivity index (χ0n) is 9.06. The Balaban J connectivity index is 2.72. The summed E-state index contributed by atoms with van der Waals surface area (Å²) < 4.78 is 1.60. The molecule has 1 rings (SSSR count). The van der Waals surface area contributed by atoms with Crippen LogP contribution in [-0.4, -0.2) is 39.8 Å². The maximum atomic E-state index is 11.1. The first-order valence-corrected chi connectivity index (χ1v) is 4.56. The maximum Gasteiger partial charge on any atom is 0.154 e. The standard InChI is InChI=1S/C9H16N4O/c1-7(8(2)14)13-6-9(10-11-13)5-12(3)4/h6-7H,5H2,1-4H3/t7-/m1/s1. The van der Waals surface area contributed by atoms with E-state index in [2.05, 4.69) is 10.3 Å². The minimum Gasteiger partial charge on any atom is -0.303 e. The Bertz CT molecular complexity index is 318. The van der Waals surface area contributed by atoms with Gasteiger partial charge >= 0.3 is 0 Å². The number of hydrogen-bond acceptors (Lipinski definition) is 4. The second-order valence-electron chi connectivity index (χ2n) is 3.71. The monoisotopic (exact) mass is 196 g/mol. The van der Waals surface area contributed by atoms with Crippen molar-refractivity contribution in [2.24, 2.45) is 0 Å². The van der Waals surface area contributed by atoms with E-state index < -0.39 is 0 Å². The molecule has 0 aromatic carbocycles. The Morgan fingerprint density at radius 2 is 2.29 bits per heavy atom. The van der Waals surface area contributed by atoms with Crippen LogP contribution in [0.25, 0.3) is 0 Å². The van der Waals surface area contributed by atoms with Gasteiger partial charge in [0.2, 0.25) is 0 Å². The molecule has 14 heavy (non-hydrogen) atoms. The average molecular weight is 196 g/mol. The number of ketones is 1. The van der Waals surface area contributed by atoms with E-state index in [4.69, 9.17) is 0 Å². The van der Waals surface area contributed by atoms with Crippen molar-refractivity contribution in [1.29, 1.82) is 0 Å². The highest BCUT2D eigenvalue weighted by atomic mass is 16.1. The number of Topliss-reactive ketones (excluding diaryl/α,β-unsaturated/α-hetero) is 1. The summed E-state index contributed by atoms with van der Waals surface area (Å²) in [7, 11) is 3.93. The predicted molar refractivity (Wildman–Crippen MR) is 52.8 cm³/mol. The van der Waals surface area contributed by atoms with Crippen LogP contribution in [0.5, 0.6) is 0 Å². The zero-order chi connectivity index (χ0) is 10.7. The first kappa shape index (κ1) is 10.8. The predicted octanol–water partition coefficient (Wildman–Crippen LogP) is 0.490. The Kier molecular flexibility index (Phi) is 3.35. The van der Waals surface area contributed by atoms with Crippen LogP contribution in [0.4, 0.5) is 0 Å². The molecule has 5 heteroatoms. The van der Waals surface area contributed by atoms with Crippen LogP contribution in [0.1, 0.15) is 25.6 Å². The molecule has 0 saturated carbocycles. The highest BCUT2D eigenvalue weighted by molar-refractivity contribution is 5.79. The van der Waals surface area contributed by atoms with Crippen LogP contribution in [-0.2, 0) is 11.3 Å². The molecule has 78 valence electrons. The van der Waals surface area contributed by atoms with E-state index in [9.17, 15) is 4.79 Å². The minimum absolute atomic E-state index is 0.0892. The highest BCUT2D eigenvalue weighted by Gasteiger charge is 2.12. The van der Waals surface area contributed by atoms with Crippen molar-refractivity contribution in [2.75, 3.05) is 14.1 Å². The summed E-state index contributed by atoms with van der Waals surface area (Å²) in [4.78, 5) is 13.1. The van der Waals surface area contributed by atoms with Gasteiger partial charge in [0, 0.05) is 6.54 Å². The summed E-state index contributed by atoms with van der Waals surface area (Å²) in [5.41, 5.74) is 0.878. The quantitative estimate of drug-likeness (QED) is 0.703. The van der Waals surface area contributed by atoms with Crippen molar-refractivity contribution in [3.63, 3.8) is 0 Å². The molecular formula is C9H16N4O. The summed E-state index contributed by atoms with van der Waals surface area (Å²) in [5, 5.41) is 7.89. The van der Waals surface area contributed by atoms with Gasteiger partial charge in [0.15, 0.2) is 5.78 Å². The van der Waals surface area contributed by atoms with E-state index in [1.54, 1.807) is 11.6 Å². The fourth-order valence-corrected chi connectivity index (χ4v) is 1.09. The number of nitrogens with zero attached hydrogens (tertiary/aromatic N) is 4. The zero-order valence-corrected chi connectivity index (χ0v) is 9.06. The molecule has 0 unspecified atom stereocenters. The molecule has 0 bridgehead atoms. The van der Waals surface area contributed by atoms with Gasteiger partial charge in [-0.2, -0.15) is 0 Å². The van der Waals surface area contributed by atoms with Gasteiger partial charge in [-0.3, -0.25) is 4.79 Å². The van der Waals surface area contributed by atoms with Crippen molar-refractivity contribution >= 4 is 5.78 Å². The van der Waals surface area contributed by atoms with Crippen molar-refractivity contribution in [3.8, 4) is 0 Å². The van der Waals surface area contributed by atoms with E-state index in [1.165, 1.54) is 0 Å². The van der Waals surface area contributed by atoms with Gasteiger partial charge in [-0.25, -0.2) is 4.68 Å². The van der Waals surface area contributed by atoms with Crippen molar-refractivity contribution in [2.45, 2.75) is 26.4 Å². The summed E-state index contributed by atoms with van der Waals surface area (Å²) in [6, 6.07) is -0.224. The summed E-state index contributed by atoms with van der Waals surface area (Å²) >= 11 is 0. The van der Waals surface area contributed by atoms with E-state index in [0.29, 0.717) is 0 Å². The lowest BCUT2D eigenvalue weighted by atomic mass is 10.2. The van der Waals surface area contributed by atoms with Gasteiger partial charge < -0.3 is 4.90 Å². The lowest BCUT2D eigenvalue weighted by Crippen LogP contribution is -2.14. The van der Waals surface area contributed by atoms with Crippen LogP contribution in [0, 0.1) is 0 Å². The maximum absolute atomic E-state index is 11.1. The van der Waals surface area contributed by atoms with Crippen LogP contribution in [0.2, 0.25) is 0 Å². The Hall–Kier alpha value is -1.23. The van der Waals surface area contributed by atoms with Gasteiger partial charge in [0.05, 0.1) is 11.9 Å². The molecule has 5 nitrogen and oxygen atoms in total. The number of aromatic nitrogens is 3. The third kappa shape index (κ3) is 2.63. The Morgan fingerprint density at radius 1 is 1.64 bits per heavy atom. The molecule has 0 N–H and O–H groups in total. The number of carbonyl (C=O) groups excluding carboxylic acids is 1. The molecule has 1 atom stereocenters. The molecule has 1 heterocycles. The SMILES string of the molecule is CC(=O)[C@@H](C)n1cc(CN(C)C)nn1. The van der Waals surface area contributed by atoms with Crippen LogP contribution in [0.3, 0.4) is 0 Å². The van der Waals surface area contributed by atoms with Crippen LogP contribution < -0.4 is 0 Å². The van der Waals surface area contributed by atoms with Gasteiger partial charge in [-0.15, -0.1) is 5.10 Å². The minimum atomic E-state index is -0.224. The molecule has 0 fully saturated rings. The van der Waals surface area contributed by atoms with Crippen molar-refractivity contribution in [3.05, 3.63) is 11.9 Å². The van der Waals surface area contributed by atoms with E-state index in [1.807, 2.05) is 32.1 Å². The molecule has 1 aromatic rings. The van der Waals surface area contributed by atoms with Gasteiger partial charge in [0.1, 0.15) is 6.04 Å². The topological polar surface area (TPSA) is 51.0 Å². The average Bonchev–Trinajstić information content (AvgIpc) is 2.50. The normalized spacial score (nSPS) is 13.2. The van der Waals surface area contributed by atoms with Crippen molar-refractivity contribution < 1.29 is 4.79 Å². The molecule has 0 saturated heterocycles. The molecule has 1 aromatic heterocycles. The largest absolute Gasteiger partial charge is 0.303 e. The van der Waals surface area contributed by atoms with E-state index >= 15 is 0 Å². The summed E-state index contributed by atoms with van der Waals surface area (Å²) in [5.74, 6) is 0.0892. The Morgan fingerprint density at radius 3 is 2.79 bits per heavy atom. The molecule has 0 radical (unpaired) electrons. The second-order valence-corrected chi connectivity index (χ2v) is 3.71. The fraction of sp³-hybridized carbons (Fsp3) is 0.667. The molecule has 0 amide bonds. The molecule has 0 aliphatic carbocycles.